The summed E-state index contributed by atoms with van der Waals surface area (Å²) in [5.41, 5.74) is 4.05. The Morgan fingerprint density at radius 3 is 2.91 bits per heavy atom. The molecule has 7 heteroatoms. The number of likely N-dealkylation sites (N-methyl/N-ethyl adjacent to an activating group) is 1. The predicted octanol–water partition coefficient (Wildman–Crippen LogP) is 6.40. The molecule has 2 atom stereocenters. The van der Waals surface area contributed by atoms with Crippen LogP contribution in [0.1, 0.15) is 35.3 Å². The first-order chi connectivity index (χ1) is 15.3. The normalized spacial score (nSPS) is 21.5. The van der Waals surface area contributed by atoms with Crippen LogP contribution < -0.4 is 0 Å². The molecule has 4 aromatic rings. The Bertz CT molecular complexity index is 1370. The van der Waals surface area contributed by atoms with E-state index in [1.165, 1.54) is 4.90 Å². The Hall–Kier alpha value is -2.96. The van der Waals surface area contributed by atoms with Crippen LogP contribution >= 0.6 is 22.9 Å². The van der Waals surface area contributed by atoms with Gasteiger partial charge in [0.2, 0.25) is 5.91 Å². The van der Waals surface area contributed by atoms with Crippen LogP contribution in [0.4, 0.5) is 0 Å². The van der Waals surface area contributed by atoms with E-state index in [4.69, 9.17) is 21.4 Å². The van der Waals surface area contributed by atoms with Crippen LogP contribution in [-0.2, 0) is 10.2 Å². The van der Waals surface area contributed by atoms with Crippen LogP contribution in [0.3, 0.4) is 0 Å². The summed E-state index contributed by atoms with van der Waals surface area (Å²) in [6.45, 7) is 4.07. The number of fused-ring (bicyclic) bond motifs is 1. The van der Waals surface area contributed by atoms with Crippen molar-refractivity contribution in [2.24, 2.45) is 0 Å². The number of amides is 1. The summed E-state index contributed by atoms with van der Waals surface area (Å²) in [6, 6.07) is 11.9. The molecular weight excluding hydrogens is 442 g/mol. The average Bonchev–Trinajstić information content (AvgIpc) is 3.43. The number of piperidine rings is 1. The van der Waals surface area contributed by atoms with Crippen molar-refractivity contribution >= 4 is 45.6 Å². The summed E-state index contributed by atoms with van der Waals surface area (Å²) in [5.74, 6) is -0.168. The maximum absolute atomic E-state index is 13.5. The molecule has 1 aliphatic heterocycles. The third kappa shape index (κ3) is 3.26. The Kier molecular flexibility index (Phi) is 4.95. The molecule has 1 aromatic carbocycles. The highest BCUT2D eigenvalue weighted by Gasteiger charge is 2.49. The Morgan fingerprint density at radius 1 is 1.28 bits per heavy atom. The number of furan rings is 1. The lowest BCUT2D eigenvalue weighted by Crippen LogP contribution is -2.51. The summed E-state index contributed by atoms with van der Waals surface area (Å²) >= 11 is 7.99. The van der Waals surface area contributed by atoms with Gasteiger partial charge in [0.05, 0.1) is 12.2 Å². The van der Waals surface area contributed by atoms with Gasteiger partial charge in [0.15, 0.2) is 0 Å². The van der Waals surface area contributed by atoms with Gasteiger partial charge in [0, 0.05) is 40.9 Å². The lowest BCUT2D eigenvalue weighted by atomic mass is 9.67. The highest BCUT2D eigenvalue weighted by molar-refractivity contribution is 7.10. The predicted molar refractivity (Wildman–Crippen MR) is 129 cm³/mol. The fourth-order valence-corrected chi connectivity index (χ4v) is 5.92. The van der Waals surface area contributed by atoms with E-state index in [0.717, 1.165) is 38.1 Å². The van der Waals surface area contributed by atoms with Gasteiger partial charge in [-0.05, 0) is 59.3 Å². The third-order valence-corrected chi connectivity index (χ3v) is 7.92. The molecule has 1 unspecified atom stereocenters. The van der Waals surface area contributed by atoms with Gasteiger partial charge in [0.25, 0.3) is 0 Å². The van der Waals surface area contributed by atoms with E-state index in [1.54, 1.807) is 30.8 Å². The average molecular weight is 464 g/mol. The quantitative estimate of drug-likeness (QED) is 0.357. The lowest BCUT2D eigenvalue weighted by Gasteiger charge is -2.44. The molecule has 0 saturated carbocycles. The van der Waals surface area contributed by atoms with Gasteiger partial charge >= 0.3 is 0 Å². The molecule has 5 nitrogen and oxygen atoms in total. The number of carbonyl (C=O) groups is 1. The second-order valence-electron chi connectivity index (χ2n) is 8.64. The molecule has 0 aliphatic carbocycles. The highest BCUT2D eigenvalue weighted by Crippen LogP contribution is 2.49. The number of hydrogen-bond acceptors (Lipinski definition) is 5. The molecule has 1 aliphatic rings. The molecule has 1 N–H and O–H groups in total. The number of nitrogens with one attached hydrogen (secondary N) is 1. The number of hydrogen-bond donors (Lipinski definition) is 1. The van der Waals surface area contributed by atoms with E-state index >= 15 is 0 Å². The van der Waals surface area contributed by atoms with E-state index in [9.17, 15) is 4.79 Å². The number of rotatable bonds is 3. The number of nitrogens with zero attached hydrogens (tertiary/aromatic N) is 2. The SMILES string of the molecule is Cc1cnc(Cl)c(-c2csc([C@@]3(C)CC(=N)N(C)C(=O)C3c3ccc4occc4c3)c2)c1. The van der Waals surface area contributed by atoms with Gasteiger partial charge in [-0.15, -0.1) is 11.3 Å². The van der Waals surface area contributed by atoms with Crippen molar-refractivity contribution in [3.63, 3.8) is 0 Å². The maximum atomic E-state index is 13.5. The fraction of sp³-hybridized carbons (Fsp3) is 0.240. The number of likely N-dealkylation sites (tertiary alicyclic amines) is 1. The minimum Gasteiger partial charge on any atom is -0.464 e. The molecule has 4 heterocycles. The molecule has 0 radical (unpaired) electrons. The molecule has 5 rings (SSSR count). The summed E-state index contributed by atoms with van der Waals surface area (Å²) in [7, 11) is 1.69. The molecule has 1 amide bonds. The van der Waals surface area contributed by atoms with Gasteiger partial charge in [0.1, 0.15) is 16.6 Å². The number of aryl methyl sites for hydroxylation is 1. The van der Waals surface area contributed by atoms with Crippen LogP contribution in [0.25, 0.3) is 22.1 Å². The van der Waals surface area contributed by atoms with Crippen LogP contribution in [0, 0.1) is 12.3 Å². The first-order valence-corrected chi connectivity index (χ1v) is 11.6. The second-order valence-corrected chi connectivity index (χ2v) is 9.91. The zero-order valence-corrected chi connectivity index (χ0v) is 19.6. The molecule has 0 spiro atoms. The van der Waals surface area contributed by atoms with Crippen molar-refractivity contribution in [2.45, 2.75) is 31.6 Å². The van der Waals surface area contributed by atoms with Gasteiger partial charge in [-0.25, -0.2) is 4.98 Å². The molecular formula is C25H22ClN3O2S. The first-order valence-electron chi connectivity index (χ1n) is 10.3. The lowest BCUT2D eigenvalue weighted by molar-refractivity contribution is -0.131. The summed E-state index contributed by atoms with van der Waals surface area (Å²) in [4.78, 5) is 20.3. The Balaban J connectivity index is 1.64. The van der Waals surface area contributed by atoms with Gasteiger partial charge in [-0.3, -0.25) is 10.2 Å². The van der Waals surface area contributed by atoms with Crippen molar-refractivity contribution < 1.29 is 9.21 Å². The monoisotopic (exact) mass is 463 g/mol. The van der Waals surface area contributed by atoms with Gasteiger partial charge < -0.3 is 9.32 Å². The summed E-state index contributed by atoms with van der Waals surface area (Å²) in [5, 5.41) is 12.0. The van der Waals surface area contributed by atoms with E-state index in [-0.39, 0.29) is 5.91 Å². The topological polar surface area (TPSA) is 70.2 Å². The van der Waals surface area contributed by atoms with Crippen LogP contribution in [0.2, 0.25) is 5.15 Å². The van der Waals surface area contributed by atoms with E-state index < -0.39 is 11.3 Å². The number of pyridine rings is 1. The largest absolute Gasteiger partial charge is 0.464 e. The first kappa shape index (κ1) is 20.9. The second kappa shape index (κ2) is 7.57. The van der Waals surface area contributed by atoms with Crippen molar-refractivity contribution in [3.05, 3.63) is 75.4 Å². The highest BCUT2D eigenvalue weighted by atomic mass is 35.5. The molecule has 0 bridgehead atoms. The molecule has 162 valence electrons. The number of thiophene rings is 1. The number of halogens is 1. The number of carbonyl (C=O) groups excluding carboxylic acids is 1. The molecule has 32 heavy (non-hydrogen) atoms. The van der Waals surface area contributed by atoms with E-state index in [2.05, 4.69) is 23.4 Å². The maximum Gasteiger partial charge on any atom is 0.236 e. The smallest absolute Gasteiger partial charge is 0.236 e. The number of aromatic nitrogens is 1. The Morgan fingerprint density at radius 2 is 2.09 bits per heavy atom. The van der Waals surface area contributed by atoms with Crippen molar-refractivity contribution in [1.29, 1.82) is 5.41 Å². The molecule has 3 aromatic heterocycles. The van der Waals surface area contributed by atoms with Crippen LogP contribution in [0.15, 0.2) is 58.7 Å². The minimum atomic E-state index is -0.565. The number of benzene rings is 1. The van der Waals surface area contributed by atoms with Crippen molar-refractivity contribution in [3.8, 4) is 11.1 Å². The van der Waals surface area contributed by atoms with Crippen molar-refractivity contribution in [2.75, 3.05) is 7.05 Å². The fourth-order valence-electron chi connectivity index (χ4n) is 4.60. The summed E-state index contributed by atoms with van der Waals surface area (Å²) < 4.78 is 5.49. The minimum absolute atomic E-state index is 0.0724. The van der Waals surface area contributed by atoms with Crippen LogP contribution in [0.5, 0.6) is 0 Å². The van der Waals surface area contributed by atoms with E-state index in [0.29, 0.717) is 17.4 Å². The zero-order valence-electron chi connectivity index (χ0n) is 18.0. The standard InChI is InChI=1S/C25H22ClN3O2S/c1-14-8-18(23(26)28-12-14)17-10-20(32-13-17)25(2)11-21(27)29(3)24(30)22(25)16-4-5-19-15(9-16)6-7-31-19/h4-10,12-13,22,27H,11H2,1-3H3/t22?,25-/m1/s1. The van der Waals surface area contributed by atoms with Crippen molar-refractivity contribution in [1.82, 2.24) is 9.88 Å². The molecule has 1 saturated heterocycles. The summed E-state index contributed by atoms with van der Waals surface area (Å²) in [6.07, 6.45) is 3.87. The zero-order chi connectivity index (χ0) is 22.6. The molecule has 1 fully saturated rings. The Labute approximate surface area is 195 Å². The number of amidine groups is 1. The van der Waals surface area contributed by atoms with Gasteiger partial charge in [-0.1, -0.05) is 24.6 Å². The van der Waals surface area contributed by atoms with E-state index in [1.807, 2.05) is 37.3 Å². The third-order valence-electron chi connectivity index (χ3n) is 6.41. The van der Waals surface area contributed by atoms with Gasteiger partial charge in [-0.2, -0.15) is 0 Å². The van der Waals surface area contributed by atoms with Crippen LogP contribution in [-0.4, -0.2) is 28.7 Å².